The van der Waals surface area contributed by atoms with E-state index in [1.54, 1.807) is 0 Å². The first-order valence-corrected chi connectivity index (χ1v) is 4.61. The van der Waals surface area contributed by atoms with Gasteiger partial charge in [0.25, 0.3) is 0 Å². The van der Waals surface area contributed by atoms with Crippen LogP contribution >= 0.6 is 0 Å². The van der Waals surface area contributed by atoms with Crippen molar-refractivity contribution in [2.45, 2.75) is 6.92 Å². The third kappa shape index (κ3) is 287. The van der Waals surface area contributed by atoms with Crippen LogP contribution in [0.25, 0.3) is 0 Å². The molecule has 6 nitrogen and oxygen atoms in total. The molecule has 0 spiro atoms. The molecule has 0 radical (unpaired) electrons. The normalized spacial score (nSPS) is 3.94. The summed E-state index contributed by atoms with van der Waals surface area (Å²) < 4.78 is 38.8. The summed E-state index contributed by atoms with van der Waals surface area (Å²) in [4.78, 5) is 0. The fourth-order valence-corrected chi connectivity index (χ4v) is 0.515. The van der Waals surface area contributed by atoms with Crippen LogP contribution in [0.2, 0.25) is 0 Å². The molecular formula is C10H9NO5W. The van der Waals surface area contributed by atoms with Gasteiger partial charge in [-0.15, -0.1) is 0 Å². The van der Waals surface area contributed by atoms with Crippen molar-refractivity contribution in [2.75, 3.05) is 6.54 Å². The second-order valence-electron chi connectivity index (χ2n) is 1.23. The molecular weight excluding hydrogens is 398 g/mol. The van der Waals surface area contributed by atoms with Crippen molar-refractivity contribution in [1.29, 1.82) is 0 Å². The topological polar surface area (TPSA) is 112 Å². The predicted molar refractivity (Wildman–Crippen MR) is 48.5 cm³/mol. The Morgan fingerprint density at radius 1 is 1.00 bits per heavy atom. The van der Waals surface area contributed by atoms with Crippen LogP contribution in [-0.2, 0) is 42.6 Å². The van der Waals surface area contributed by atoms with Crippen molar-refractivity contribution >= 4 is 4.02 Å². The summed E-state index contributed by atoms with van der Waals surface area (Å²) in [5, 5.41) is 3.13. The molecule has 7 heteroatoms. The second kappa shape index (κ2) is 119. The van der Waals surface area contributed by atoms with Gasteiger partial charge in [0, 0.05) is 0 Å². The van der Waals surface area contributed by atoms with E-state index < -0.39 is 0 Å². The number of hydrogen-bond acceptors (Lipinski definition) is 1. The first kappa shape index (κ1) is 36.0. The molecule has 0 heterocycles. The number of rotatable bonds is 3. The summed E-state index contributed by atoms with van der Waals surface area (Å²) in [5.41, 5.74) is 0. The average molecular weight is 407 g/mol. The fourth-order valence-electron chi connectivity index (χ4n) is 0.216. The molecule has 0 amide bonds. The predicted octanol–water partition coefficient (Wildman–Crippen LogP) is 0.271. The Hall–Kier alpha value is -1.04. The van der Waals surface area contributed by atoms with Crippen molar-refractivity contribution in [3.63, 3.8) is 0 Å². The van der Waals surface area contributed by atoms with Crippen molar-refractivity contribution < 1.29 is 42.6 Å². The Bertz CT molecular complexity index is 204. The molecule has 0 saturated carbocycles. The van der Waals surface area contributed by atoms with E-state index in [9.17, 15) is 0 Å². The van der Waals surface area contributed by atoms with E-state index in [0.717, 1.165) is 6.54 Å². The zero-order valence-electron chi connectivity index (χ0n) is 8.94. The van der Waals surface area contributed by atoms with E-state index >= 15 is 0 Å². The summed E-state index contributed by atoms with van der Waals surface area (Å²) in [5.74, 6) is 0. The molecule has 90 valence electrons. The van der Waals surface area contributed by atoms with E-state index in [2.05, 4.69) is 52.1 Å². The molecule has 0 aliphatic carbocycles. The number of hydrogen-bond donors (Lipinski definition) is 1. The summed E-state index contributed by atoms with van der Waals surface area (Å²) >= 11 is 1.50. The molecule has 1 N–H and O–H groups in total. The van der Waals surface area contributed by atoms with Crippen LogP contribution in [-0.4, -0.2) is 10.6 Å². The van der Waals surface area contributed by atoms with Crippen molar-refractivity contribution in [3.05, 3.63) is 45.9 Å². The Labute approximate surface area is 111 Å². The van der Waals surface area contributed by atoms with Gasteiger partial charge in [0.05, 0.1) is 0 Å². The zero-order chi connectivity index (χ0) is 15.7. The van der Waals surface area contributed by atoms with Gasteiger partial charge in [0.2, 0.25) is 0 Å². The van der Waals surface area contributed by atoms with Gasteiger partial charge in [-0.05, 0) is 0 Å². The fraction of sp³-hybridized carbons (Fsp3) is 0.200. The van der Waals surface area contributed by atoms with E-state index in [-0.39, 0.29) is 0 Å². The molecule has 0 bridgehead atoms. The summed E-state index contributed by atoms with van der Waals surface area (Å²) in [6.45, 7) is 29.0. The number of nitrogens with one attached hydrogen (secondary N) is 1. The van der Waals surface area contributed by atoms with Gasteiger partial charge in [-0.1, -0.05) is 0 Å². The van der Waals surface area contributed by atoms with Crippen LogP contribution in [0.4, 0.5) is 0 Å². The minimum atomic E-state index is 0.898. The summed E-state index contributed by atoms with van der Waals surface area (Å²) in [7, 11) is 0. The van der Waals surface area contributed by atoms with Crippen LogP contribution < -0.4 is 5.32 Å². The van der Waals surface area contributed by atoms with Crippen LogP contribution in [0.3, 0.4) is 0 Å². The van der Waals surface area contributed by atoms with Gasteiger partial charge >= 0.3 is 111 Å². The van der Waals surface area contributed by atoms with Crippen molar-refractivity contribution in [3.8, 4) is 0 Å². The molecule has 0 aliphatic rings. The Morgan fingerprint density at radius 2 is 1.24 bits per heavy atom. The molecule has 0 unspecified atom stereocenters. The van der Waals surface area contributed by atoms with E-state index in [1.165, 1.54) is 23.4 Å². The summed E-state index contributed by atoms with van der Waals surface area (Å²) in [6, 6.07) is 0. The van der Waals surface area contributed by atoms with Gasteiger partial charge in [0.15, 0.2) is 0 Å². The Kier molecular flexibility index (Phi) is 251. The maximum atomic E-state index is 7.50. The molecule has 17 heavy (non-hydrogen) atoms. The quantitative estimate of drug-likeness (QED) is 0.405. The maximum absolute atomic E-state index is 7.50. The van der Waals surface area contributed by atoms with Crippen LogP contribution in [0.15, 0.2) is 12.7 Å². The molecule has 0 fully saturated rings. The SMILES string of the molecule is C=CCN[C](C)=[W].[C-]#[O+].[C-]#[O+].[C-]#[O+].[C-]#[O+].[C-]#[O+]. The standard InChI is InChI=1S/C5H9N.5CO.W/c1-3-5-6-4-2;5*1-2;/h3,6H,1,5H2,2H3;;;;;;. The summed E-state index contributed by atoms with van der Waals surface area (Å²) in [6.07, 6.45) is 1.85. The molecule has 0 aromatic rings. The van der Waals surface area contributed by atoms with Gasteiger partial charge < -0.3 is 0 Å². The van der Waals surface area contributed by atoms with E-state index in [1.807, 2.05) is 6.08 Å². The van der Waals surface area contributed by atoms with Crippen LogP contribution in [0.1, 0.15) is 6.92 Å². The van der Waals surface area contributed by atoms with Crippen molar-refractivity contribution in [2.24, 2.45) is 0 Å². The first-order valence-electron chi connectivity index (χ1n) is 3.14. The third-order valence-corrected chi connectivity index (χ3v) is 1.01. The van der Waals surface area contributed by atoms with Gasteiger partial charge in [-0.2, -0.15) is 0 Å². The monoisotopic (exact) mass is 407 g/mol. The zero-order valence-corrected chi connectivity index (χ0v) is 11.9. The molecule has 0 atom stereocenters. The van der Waals surface area contributed by atoms with Crippen molar-refractivity contribution in [1.82, 2.24) is 5.32 Å². The molecule has 0 aliphatic heterocycles. The van der Waals surface area contributed by atoms with Crippen LogP contribution in [0.5, 0.6) is 0 Å². The minimum absolute atomic E-state index is 0.898. The van der Waals surface area contributed by atoms with E-state index in [0.29, 0.717) is 0 Å². The van der Waals surface area contributed by atoms with Gasteiger partial charge in [-0.25, -0.2) is 0 Å². The first-order chi connectivity index (χ1) is 8.27. The van der Waals surface area contributed by atoms with Crippen LogP contribution in [0, 0.1) is 33.3 Å². The third-order valence-electron chi connectivity index (χ3n) is 0.495. The Balaban J connectivity index is -0.0000000257. The second-order valence-corrected chi connectivity index (χ2v) is 3.43. The van der Waals surface area contributed by atoms with E-state index in [4.69, 9.17) is 23.3 Å². The molecule has 0 rings (SSSR count). The van der Waals surface area contributed by atoms with Gasteiger partial charge in [0.1, 0.15) is 0 Å². The average Bonchev–Trinajstić information content (AvgIpc) is 2.47. The molecule has 0 aromatic heterocycles. The van der Waals surface area contributed by atoms with Gasteiger partial charge in [-0.3, -0.25) is 0 Å². The molecule has 0 aromatic carbocycles. The Morgan fingerprint density at radius 3 is 1.29 bits per heavy atom. The molecule has 0 saturated heterocycles.